The fourth-order valence-corrected chi connectivity index (χ4v) is 1.83. The average Bonchev–Trinajstić information content (AvgIpc) is 2.26. The van der Waals surface area contributed by atoms with Crippen LogP contribution in [0.2, 0.25) is 0 Å². The minimum atomic E-state index is 0.352. The van der Waals surface area contributed by atoms with Crippen LogP contribution >= 0.6 is 0 Å². The van der Waals surface area contributed by atoms with Crippen molar-refractivity contribution in [3.63, 3.8) is 0 Å². The molecule has 0 aromatic heterocycles. The van der Waals surface area contributed by atoms with Crippen LogP contribution in [0.5, 0.6) is 5.75 Å². The fraction of sp³-hybridized carbons (Fsp3) is 0.500. The molecule has 0 bridgehead atoms. The standard InChI is InChI=1S/C12H17NO/c1-2-13-9-11-8-7-10-5-3-4-6-12(10)14-11/h3-6,11,13H,2,7-9H2,1H3. The first-order valence-electron chi connectivity index (χ1n) is 5.35. The first-order valence-corrected chi connectivity index (χ1v) is 5.35. The van der Waals surface area contributed by atoms with Gasteiger partial charge in [0.05, 0.1) is 0 Å². The molecule has 2 nitrogen and oxygen atoms in total. The van der Waals surface area contributed by atoms with E-state index >= 15 is 0 Å². The van der Waals surface area contributed by atoms with Gasteiger partial charge in [-0.3, -0.25) is 0 Å². The second-order valence-electron chi connectivity index (χ2n) is 3.69. The quantitative estimate of drug-likeness (QED) is 0.789. The van der Waals surface area contributed by atoms with Crippen LogP contribution in [0, 0.1) is 0 Å². The SMILES string of the molecule is CCNCC1CCc2ccccc2O1. The van der Waals surface area contributed by atoms with Crippen molar-refractivity contribution in [2.45, 2.75) is 25.9 Å². The summed E-state index contributed by atoms with van der Waals surface area (Å²) in [7, 11) is 0. The van der Waals surface area contributed by atoms with Gasteiger partial charge in [-0.05, 0) is 31.0 Å². The zero-order chi connectivity index (χ0) is 9.80. The van der Waals surface area contributed by atoms with E-state index in [1.807, 2.05) is 6.07 Å². The molecule has 2 rings (SSSR count). The van der Waals surface area contributed by atoms with E-state index in [2.05, 4.69) is 30.4 Å². The van der Waals surface area contributed by atoms with Gasteiger partial charge in [-0.2, -0.15) is 0 Å². The topological polar surface area (TPSA) is 21.3 Å². The lowest BCUT2D eigenvalue weighted by Gasteiger charge is -2.26. The summed E-state index contributed by atoms with van der Waals surface area (Å²) in [5.74, 6) is 1.07. The van der Waals surface area contributed by atoms with E-state index in [4.69, 9.17) is 4.74 Å². The van der Waals surface area contributed by atoms with Gasteiger partial charge in [0.15, 0.2) is 0 Å². The van der Waals surface area contributed by atoms with Crippen LogP contribution in [0.1, 0.15) is 18.9 Å². The van der Waals surface area contributed by atoms with Crippen LogP contribution < -0.4 is 10.1 Å². The van der Waals surface area contributed by atoms with Crippen LogP contribution in [0.15, 0.2) is 24.3 Å². The highest BCUT2D eigenvalue weighted by Gasteiger charge is 2.18. The summed E-state index contributed by atoms with van der Waals surface area (Å²) < 4.78 is 5.87. The van der Waals surface area contributed by atoms with Crippen molar-refractivity contribution in [3.8, 4) is 5.75 Å². The molecule has 1 aliphatic rings. The number of hydrogen-bond donors (Lipinski definition) is 1. The van der Waals surface area contributed by atoms with Gasteiger partial charge in [-0.25, -0.2) is 0 Å². The van der Waals surface area contributed by atoms with Gasteiger partial charge in [-0.1, -0.05) is 25.1 Å². The highest BCUT2D eigenvalue weighted by molar-refractivity contribution is 5.35. The molecule has 0 radical (unpaired) electrons. The van der Waals surface area contributed by atoms with Crippen LogP contribution in [0.4, 0.5) is 0 Å². The van der Waals surface area contributed by atoms with E-state index in [1.165, 1.54) is 5.56 Å². The zero-order valence-electron chi connectivity index (χ0n) is 8.62. The minimum absolute atomic E-state index is 0.352. The number of ether oxygens (including phenoxy) is 1. The lowest BCUT2D eigenvalue weighted by molar-refractivity contribution is 0.171. The predicted octanol–water partition coefficient (Wildman–Crippen LogP) is 1.99. The summed E-state index contributed by atoms with van der Waals surface area (Å²) in [5, 5.41) is 3.32. The summed E-state index contributed by atoms with van der Waals surface area (Å²) in [5.41, 5.74) is 1.35. The highest BCUT2D eigenvalue weighted by atomic mass is 16.5. The van der Waals surface area contributed by atoms with E-state index in [0.29, 0.717) is 6.10 Å². The molecule has 1 unspecified atom stereocenters. The Kier molecular flexibility index (Phi) is 3.04. The molecular formula is C12H17NO. The molecule has 0 saturated carbocycles. The summed E-state index contributed by atoms with van der Waals surface area (Å²) in [4.78, 5) is 0. The molecule has 1 N–H and O–H groups in total. The lowest BCUT2D eigenvalue weighted by atomic mass is 10.0. The number of fused-ring (bicyclic) bond motifs is 1. The van der Waals surface area contributed by atoms with Gasteiger partial charge in [0, 0.05) is 6.54 Å². The largest absolute Gasteiger partial charge is 0.489 e. The Hall–Kier alpha value is -1.02. The molecule has 1 atom stereocenters. The number of hydrogen-bond acceptors (Lipinski definition) is 2. The molecule has 0 aliphatic carbocycles. The molecule has 1 aromatic rings. The number of benzene rings is 1. The molecule has 2 heteroatoms. The molecule has 76 valence electrons. The van der Waals surface area contributed by atoms with Crippen molar-refractivity contribution in [2.75, 3.05) is 13.1 Å². The van der Waals surface area contributed by atoms with Crippen molar-refractivity contribution in [3.05, 3.63) is 29.8 Å². The number of rotatable bonds is 3. The second kappa shape index (κ2) is 4.47. The predicted molar refractivity (Wildman–Crippen MR) is 57.7 cm³/mol. The normalized spacial score (nSPS) is 19.9. The maximum atomic E-state index is 5.87. The number of nitrogens with one attached hydrogen (secondary N) is 1. The molecule has 1 aliphatic heterocycles. The maximum absolute atomic E-state index is 5.87. The maximum Gasteiger partial charge on any atom is 0.122 e. The van der Waals surface area contributed by atoms with Crippen molar-refractivity contribution in [1.82, 2.24) is 5.32 Å². The number of aryl methyl sites for hydroxylation is 1. The molecule has 14 heavy (non-hydrogen) atoms. The van der Waals surface area contributed by atoms with Crippen LogP contribution in [-0.2, 0) is 6.42 Å². The summed E-state index contributed by atoms with van der Waals surface area (Å²) in [6.07, 6.45) is 2.63. The third kappa shape index (κ3) is 2.07. The molecular weight excluding hydrogens is 174 g/mol. The zero-order valence-corrected chi connectivity index (χ0v) is 8.62. The summed E-state index contributed by atoms with van der Waals surface area (Å²) >= 11 is 0. The third-order valence-electron chi connectivity index (χ3n) is 2.62. The monoisotopic (exact) mass is 191 g/mol. The van der Waals surface area contributed by atoms with Gasteiger partial charge in [0.2, 0.25) is 0 Å². The van der Waals surface area contributed by atoms with Gasteiger partial charge in [-0.15, -0.1) is 0 Å². The van der Waals surface area contributed by atoms with Crippen LogP contribution in [-0.4, -0.2) is 19.2 Å². The first-order chi connectivity index (χ1) is 6.90. The minimum Gasteiger partial charge on any atom is -0.489 e. The van der Waals surface area contributed by atoms with Crippen molar-refractivity contribution in [1.29, 1.82) is 0 Å². The lowest BCUT2D eigenvalue weighted by Crippen LogP contribution is -2.34. The van der Waals surface area contributed by atoms with Crippen molar-refractivity contribution in [2.24, 2.45) is 0 Å². The Morgan fingerprint density at radius 1 is 1.43 bits per heavy atom. The van der Waals surface area contributed by atoms with Gasteiger partial charge >= 0.3 is 0 Å². The number of para-hydroxylation sites is 1. The Balaban J connectivity index is 1.99. The fourth-order valence-electron chi connectivity index (χ4n) is 1.83. The first kappa shape index (κ1) is 9.53. The van der Waals surface area contributed by atoms with E-state index in [0.717, 1.165) is 31.7 Å². The van der Waals surface area contributed by atoms with Crippen molar-refractivity contribution >= 4 is 0 Å². The van der Waals surface area contributed by atoms with E-state index in [9.17, 15) is 0 Å². The van der Waals surface area contributed by atoms with Gasteiger partial charge < -0.3 is 10.1 Å². The van der Waals surface area contributed by atoms with Crippen molar-refractivity contribution < 1.29 is 4.74 Å². The molecule has 1 aromatic carbocycles. The van der Waals surface area contributed by atoms with Gasteiger partial charge in [0.25, 0.3) is 0 Å². The Labute approximate surface area is 85.3 Å². The highest BCUT2D eigenvalue weighted by Crippen LogP contribution is 2.26. The smallest absolute Gasteiger partial charge is 0.122 e. The molecule has 1 heterocycles. The third-order valence-corrected chi connectivity index (χ3v) is 2.62. The molecule has 0 amide bonds. The Morgan fingerprint density at radius 3 is 3.14 bits per heavy atom. The number of likely N-dealkylation sites (N-methyl/N-ethyl adjacent to an activating group) is 1. The van der Waals surface area contributed by atoms with Gasteiger partial charge in [0.1, 0.15) is 11.9 Å². The van der Waals surface area contributed by atoms with E-state index < -0.39 is 0 Å². The van der Waals surface area contributed by atoms with E-state index in [1.54, 1.807) is 0 Å². The molecule has 0 fully saturated rings. The average molecular weight is 191 g/mol. The Bertz CT molecular complexity index is 298. The summed E-state index contributed by atoms with van der Waals surface area (Å²) in [6.45, 7) is 4.10. The molecule has 0 spiro atoms. The Morgan fingerprint density at radius 2 is 2.29 bits per heavy atom. The molecule has 0 saturated heterocycles. The van der Waals surface area contributed by atoms with E-state index in [-0.39, 0.29) is 0 Å². The van der Waals surface area contributed by atoms with Crippen LogP contribution in [0.3, 0.4) is 0 Å². The van der Waals surface area contributed by atoms with Crippen LogP contribution in [0.25, 0.3) is 0 Å². The second-order valence-corrected chi connectivity index (χ2v) is 3.69. The summed E-state index contributed by atoms with van der Waals surface area (Å²) in [6, 6.07) is 8.33.